The van der Waals surface area contributed by atoms with Gasteiger partial charge in [0, 0.05) is 35.6 Å². The second-order valence-corrected chi connectivity index (χ2v) is 10.5. The third-order valence-electron chi connectivity index (χ3n) is 6.45. The Morgan fingerprint density at radius 1 is 0.800 bits per heavy atom. The van der Waals surface area contributed by atoms with Gasteiger partial charge >= 0.3 is 11.9 Å². The number of rotatable bonds is 7. The number of nitrogens with two attached hydrogens (primary N) is 2. The highest BCUT2D eigenvalue weighted by molar-refractivity contribution is 6.31. The Bertz CT molecular complexity index is 2010. The topological polar surface area (TPSA) is 177 Å². The summed E-state index contributed by atoms with van der Waals surface area (Å²) in [6.45, 7) is 2.95. The van der Waals surface area contributed by atoms with E-state index in [1.54, 1.807) is 34.6 Å². The number of carboxylic acids is 1. The van der Waals surface area contributed by atoms with Crippen LogP contribution in [0.5, 0.6) is 0 Å². The van der Waals surface area contributed by atoms with Gasteiger partial charge in [-0.05, 0) is 54.4 Å². The molecule has 0 atom stereocenters. The van der Waals surface area contributed by atoms with Crippen LogP contribution >= 0.6 is 23.2 Å². The molecule has 0 aliphatic rings. The van der Waals surface area contributed by atoms with Crippen LogP contribution in [0, 0.1) is 0 Å². The zero-order valence-electron chi connectivity index (χ0n) is 23.3. The number of carbonyl (C=O) groups excluding carboxylic acids is 1. The van der Waals surface area contributed by atoms with Crippen LogP contribution < -0.4 is 11.5 Å². The Morgan fingerprint density at radius 3 is 1.71 bits per heavy atom. The second kappa shape index (κ2) is 14.1. The van der Waals surface area contributed by atoms with Crippen molar-refractivity contribution in [3.8, 4) is 0 Å². The standard InChI is InChI=1S/C16H15ClN4O2.C14H11ClN4O2.CH4/c1-2-23-15(22)14-9-21(16(18)20-14)8-10-3-4-13-11(5-10)6-12(17)7-19-13;15-10-4-9-3-8(1-2-11(9)17-5-10)6-19-7-12(13(20)21)18-14(19)16;/h3-7,9H,2,8H2,1H3,(H2,18,20);1-5,7H,6H2,(H2,16,18)(H,20,21);1H4. The van der Waals surface area contributed by atoms with Gasteiger partial charge in [-0.15, -0.1) is 0 Å². The number of nitrogen functional groups attached to an aromatic ring is 2. The van der Waals surface area contributed by atoms with Gasteiger partial charge in [-0.2, -0.15) is 0 Å². The molecular formula is C31H30Cl2N8O4. The van der Waals surface area contributed by atoms with Crippen LogP contribution in [0.2, 0.25) is 10.0 Å². The maximum absolute atomic E-state index is 11.7. The first kappa shape index (κ1) is 32.7. The second-order valence-electron chi connectivity index (χ2n) is 9.61. The Kier molecular flexibility index (Phi) is 10.2. The first-order valence-corrected chi connectivity index (χ1v) is 14.0. The average molecular weight is 650 g/mol. The van der Waals surface area contributed by atoms with E-state index < -0.39 is 11.9 Å². The summed E-state index contributed by atoms with van der Waals surface area (Å²) < 4.78 is 8.21. The van der Waals surface area contributed by atoms with E-state index in [0.29, 0.717) is 29.7 Å². The van der Waals surface area contributed by atoms with Gasteiger partial charge in [0.25, 0.3) is 0 Å². The molecule has 0 unspecified atom stereocenters. The molecule has 0 aliphatic carbocycles. The summed E-state index contributed by atoms with van der Waals surface area (Å²) in [7, 11) is 0. The van der Waals surface area contributed by atoms with Crippen LogP contribution in [0.4, 0.5) is 11.9 Å². The van der Waals surface area contributed by atoms with E-state index in [1.165, 1.54) is 6.20 Å². The molecule has 6 rings (SSSR count). The van der Waals surface area contributed by atoms with E-state index in [0.717, 1.165) is 32.9 Å². The Morgan fingerprint density at radius 2 is 1.27 bits per heavy atom. The third-order valence-corrected chi connectivity index (χ3v) is 6.86. The predicted octanol–water partition coefficient (Wildman–Crippen LogP) is 5.94. The van der Waals surface area contributed by atoms with Crippen LogP contribution in [-0.4, -0.2) is 52.7 Å². The van der Waals surface area contributed by atoms with E-state index in [2.05, 4.69) is 19.9 Å². The van der Waals surface area contributed by atoms with Gasteiger partial charge in [0.05, 0.1) is 40.8 Å². The molecule has 0 radical (unpaired) electrons. The molecule has 0 spiro atoms. The fourth-order valence-electron chi connectivity index (χ4n) is 4.42. The molecule has 5 N–H and O–H groups in total. The Hall–Kier alpha value is -5.20. The van der Waals surface area contributed by atoms with Gasteiger partial charge in [0.1, 0.15) is 0 Å². The molecule has 4 aromatic heterocycles. The van der Waals surface area contributed by atoms with Crippen molar-refractivity contribution in [1.29, 1.82) is 0 Å². The van der Waals surface area contributed by atoms with Gasteiger partial charge in [-0.25, -0.2) is 19.6 Å². The number of aromatic carboxylic acids is 1. The molecule has 14 heteroatoms. The third kappa shape index (κ3) is 7.85. The molecule has 0 amide bonds. The highest BCUT2D eigenvalue weighted by Crippen LogP contribution is 2.21. The molecule has 0 saturated carbocycles. The molecule has 6 aromatic rings. The van der Waals surface area contributed by atoms with Crippen molar-refractivity contribution in [2.45, 2.75) is 27.4 Å². The SMILES string of the molecule is C.CCOC(=O)c1cn(Cc2ccc3ncc(Cl)cc3c2)c(N)n1.Nc1nc(C(=O)O)cn1Cc1ccc2ncc(Cl)cc2c1. The molecule has 0 fully saturated rings. The number of carboxylic acid groups (broad SMARTS) is 1. The highest BCUT2D eigenvalue weighted by Gasteiger charge is 2.14. The van der Waals surface area contributed by atoms with E-state index >= 15 is 0 Å². The molecular weight excluding hydrogens is 619 g/mol. The summed E-state index contributed by atoms with van der Waals surface area (Å²) in [6, 6.07) is 15.3. The van der Waals surface area contributed by atoms with Crippen molar-refractivity contribution in [1.82, 2.24) is 29.1 Å². The molecule has 0 bridgehead atoms. The van der Waals surface area contributed by atoms with Crippen molar-refractivity contribution in [2.24, 2.45) is 0 Å². The van der Waals surface area contributed by atoms with Gasteiger partial charge in [-0.1, -0.05) is 42.8 Å². The number of hydrogen-bond acceptors (Lipinski definition) is 9. The molecule has 2 aromatic carbocycles. The van der Waals surface area contributed by atoms with E-state index in [-0.39, 0.29) is 30.7 Å². The summed E-state index contributed by atoms with van der Waals surface area (Å²) in [4.78, 5) is 38.9. The smallest absolute Gasteiger partial charge is 0.358 e. The van der Waals surface area contributed by atoms with Crippen molar-refractivity contribution in [3.05, 3.63) is 106 Å². The lowest BCUT2D eigenvalue weighted by atomic mass is 10.1. The number of imidazole rings is 2. The summed E-state index contributed by atoms with van der Waals surface area (Å²) >= 11 is 11.9. The Labute approximate surface area is 268 Å². The molecule has 12 nitrogen and oxygen atoms in total. The van der Waals surface area contributed by atoms with Gasteiger partial charge in [-0.3, -0.25) is 9.97 Å². The minimum absolute atomic E-state index is 0. The number of halogens is 2. The highest BCUT2D eigenvalue weighted by atomic mass is 35.5. The largest absolute Gasteiger partial charge is 0.476 e. The van der Waals surface area contributed by atoms with Gasteiger partial charge in [0.2, 0.25) is 11.9 Å². The Balaban J connectivity index is 0.000000201. The normalized spacial score (nSPS) is 10.6. The summed E-state index contributed by atoms with van der Waals surface area (Å²) in [5.74, 6) is -1.16. The van der Waals surface area contributed by atoms with E-state index in [9.17, 15) is 9.59 Å². The fraction of sp³-hybridized carbons (Fsp3) is 0.161. The van der Waals surface area contributed by atoms with E-state index in [1.807, 2.05) is 48.5 Å². The lowest BCUT2D eigenvalue weighted by Gasteiger charge is -2.06. The monoisotopic (exact) mass is 648 g/mol. The number of ether oxygens (including phenoxy) is 1. The number of hydrogen-bond donors (Lipinski definition) is 3. The zero-order valence-corrected chi connectivity index (χ0v) is 24.8. The number of esters is 1. The number of fused-ring (bicyclic) bond motifs is 2. The van der Waals surface area contributed by atoms with Crippen LogP contribution in [0.15, 0.2) is 73.3 Å². The van der Waals surface area contributed by atoms with Crippen LogP contribution in [-0.2, 0) is 17.8 Å². The minimum atomic E-state index is -1.10. The number of pyridine rings is 2. The first-order valence-electron chi connectivity index (χ1n) is 13.2. The average Bonchev–Trinajstić information content (AvgIpc) is 3.55. The van der Waals surface area contributed by atoms with Crippen LogP contribution in [0.3, 0.4) is 0 Å². The summed E-state index contributed by atoms with van der Waals surface area (Å²) in [5.41, 5.74) is 15.4. The van der Waals surface area contributed by atoms with Crippen molar-refractivity contribution < 1.29 is 19.4 Å². The maximum Gasteiger partial charge on any atom is 0.358 e. The fourth-order valence-corrected chi connectivity index (χ4v) is 4.75. The zero-order chi connectivity index (χ0) is 31.4. The predicted molar refractivity (Wildman–Crippen MR) is 175 cm³/mol. The van der Waals surface area contributed by atoms with Gasteiger partial charge in [0.15, 0.2) is 11.4 Å². The number of aromatic nitrogens is 6. The number of nitrogens with zero attached hydrogens (tertiary/aromatic N) is 6. The van der Waals surface area contributed by atoms with Crippen molar-refractivity contribution in [3.63, 3.8) is 0 Å². The summed E-state index contributed by atoms with van der Waals surface area (Å²) in [6.07, 6.45) is 6.21. The molecule has 232 valence electrons. The summed E-state index contributed by atoms with van der Waals surface area (Å²) in [5, 5.41) is 11.9. The number of anilines is 2. The lowest BCUT2D eigenvalue weighted by Crippen LogP contribution is -2.05. The van der Waals surface area contributed by atoms with E-state index in [4.69, 9.17) is 44.5 Å². The minimum Gasteiger partial charge on any atom is -0.476 e. The van der Waals surface area contributed by atoms with Crippen molar-refractivity contribution >= 4 is 68.8 Å². The van der Waals surface area contributed by atoms with Gasteiger partial charge < -0.3 is 30.4 Å². The van der Waals surface area contributed by atoms with Crippen molar-refractivity contribution in [2.75, 3.05) is 18.1 Å². The molecule has 0 aliphatic heterocycles. The first-order chi connectivity index (χ1) is 21.1. The van der Waals surface area contributed by atoms with Crippen LogP contribution in [0.1, 0.15) is 46.5 Å². The molecule has 0 saturated heterocycles. The molecule has 4 heterocycles. The number of carbonyl (C=O) groups is 2. The lowest BCUT2D eigenvalue weighted by molar-refractivity contribution is 0.0519. The quantitative estimate of drug-likeness (QED) is 0.175. The maximum atomic E-state index is 11.7. The number of benzene rings is 2. The van der Waals surface area contributed by atoms with Crippen LogP contribution in [0.25, 0.3) is 21.8 Å². The molecule has 45 heavy (non-hydrogen) atoms.